The van der Waals surface area contributed by atoms with Gasteiger partial charge in [0.1, 0.15) is 12.4 Å². The van der Waals surface area contributed by atoms with Crippen LogP contribution in [0.3, 0.4) is 0 Å². The molecule has 110 valence electrons. The number of rotatable bonds is 7. The summed E-state index contributed by atoms with van der Waals surface area (Å²) in [6, 6.07) is 12.6. The van der Waals surface area contributed by atoms with Crippen LogP contribution in [0.1, 0.15) is 17.4 Å². The van der Waals surface area contributed by atoms with Crippen molar-refractivity contribution in [3.05, 3.63) is 48.2 Å². The highest BCUT2D eigenvalue weighted by Crippen LogP contribution is 2.07. The number of ether oxygens (including phenoxy) is 2. The Balaban J connectivity index is 1.74. The normalized spacial score (nSPS) is 9.95. The Bertz CT molecular complexity index is 558. The number of hydrogen-bond acceptors (Lipinski definition) is 5. The molecular weight excluding hydrogens is 270 g/mol. The summed E-state index contributed by atoms with van der Waals surface area (Å²) in [4.78, 5) is 11.8. The Morgan fingerprint density at radius 2 is 1.90 bits per heavy atom. The minimum Gasteiger partial charge on any atom is -0.492 e. The third-order valence-electron chi connectivity index (χ3n) is 2.56. The van der Waals surface area contributed by atoms with Gasteiger partial charge in [-0.25, -0.2) is 0 Å². The molecule has 1 heterocycles. The van der Waals surface area contributed by atoms with Crippen molar-refractivity contribution in [1.82, 2.24) is 15.5 Å². The molecule has 0 fully saturated rings. The molecule has 6 nitrogen and oxygen atoms in total. The Kier molecular flexibility index (Phi) is 5.51. The number of para-hydroxylation sites is 1. The van der Waals surface area contributed by atoms with Crippen LogP contribution < -0.4 is 14.8 Å². The fourth-order valence-electron chi connectivity index (χ4n) is 1.61. The van der Waals surface area contributed by atoms with Crippen molar-refractivity contribution < 1.29 is 14.3 Å². The van der Waals surface area contributed by atoms with Crippen molar-refractivity contribution in [3.8, 4) is 11.6 Å². The molecule has 0 bridgehead atoms. The topological polar surface area (TPSA) is 73.3 Å². The SMILES string of the molecule is CCOc1ccc(C(=O)NCCOc2ccccc2)nn1. The molecule has 2 rings (SSSR count). The lowest BCUT2D eigenvalue weighted by Gasteiger charge is -2.07. The minimum atomic E-state index is -0.290. The first-order valence-corrected chi connectivity index (χ1v) is 6.72. The van der Waals surface area contributed by atoms with Crippen LogP contribution in [0.25, 0.3) is 0 Å². The zero-order chi connectivity index (χ0) is 14.9. The molecule has 0 aliphatic heterocycles. The van der Waals surface area contributed by atoms with E-state index in [2.05, 4.69) is 15.5 Å². The number of carbonyl (C=O) groups excluding carboxylic acids is 1. The van der Waals surface area contributed by atoms with Crippen molar-refractivity contribution in [2.24, 2.45) is 0 Å². The molecule has 0 saturated heterocycles. The molecule has 21 heavy (non-hydrogen) atoms. The van der Waals surface area contributed by atoms with E-state index >= 15 is 0 Å². The van der Waals surface area contributed by atoms with Gasteiger partial charge in [-0.1, -0.05) is 18.2 Å². The summed E-state index contributed by atoms with van der Waals surface area (Å²) >= 11 is 0. The highest BCUT2D eigenvalue weighted by atomic mass is 16.5. The molecular formula is C15H17N3O3. The molecule has 0 unspecified atom stereocenters. The van der Waals surface area contributed by atoms with Gasteiger partial charge in [-0.3, -0.25) is 4.79 Å². The second kappa shape index (κ2) is 7.84. The van der Waals surface area contributed by atoms with Gasteiger partial charge in [-0.05, 0) is 25.1 Å². The van der Waals surface area contributed by atoms with Gasteiger partial charge in [-0.15, -0.1) is 10.2 Å². The van der Waals surface area contributed by atoms with E-state index in [4.69, 9.17) is 9.47 Å². The van der Waals surface area contributed by atoms with Gasteiger partial charge < -0.3 is 14.8 Å². The van der Waals surface area contributed by atoms with Gasteiger partial charge in [0.25, 0.3) is 5.91 Å². The van der Waals surface area contributed by atoms with Gasteiger partial charge in [0, 0.05) is 6.07 Å². The summed E-state index contributed by atoms with van der Waals surface area (Å²) < 4.78 is 10.6. The van der Waals surface area contributed by atoms with E-state index in [-0.39, 0.29) is 11.6 Å². The van der Waals surface area contributed by atoms with Crippen molar-refractivity contribution >= 4 is 5.91 Å². The van der Waals surface area contributed by atoms with E-state index in [0.717, 1.165) is 5.75 Å². The second-order valence-electron chi connectivity index (χ2n) is 4.11. The van der Waals surface area contributed by atoms with Crippen LogP contribution in [-0.4, -0.2) is 35.9 Å². The summed E-state index contributed by atoms with van der Waals surface area (Å²) in [6.45, 7) is 3.15. The molecule has 0 spiro atoms. The number of carbonyl (C=O) groups is 1. The molecule has 1 N–H and O–H groups in total. The van der Waals surface area contributed by atoms with Gasteiger partial charge in [0.05, 0.1) is 13.2 Å². The molecule has 1 aromatic carbocycles. The molecule has 0 aliphatic rings. The van der Waals surface area contributed by atoms with Crippen LogP contribution in [0.2, 0.25) is 0 Å². The van der Waals surface area contributed by atoms with E-state index in [1.807, 2.05) is 37.3 Å². The van der Waals surface area contributed by atoms with Gasteiger partial charge in [0.15, 0.2) is 5.69 Å². The van der Waals surface area contributed by atoms with E-state index in [1.165, 1.54) is 0 Å². The molecule has 0 atom stereocenters. The number of aromatic nitrogens is 2. The lowest BCUT2D eigenvalue weighted by atomic mass is 10.3. The Hall–Kier alpha value is -2.63. The van der Waals surface area contributed by atoms with E-state index in [0.29, 0.717) is 25.6 Å². The molecule has 2 aromatic rings. The Labute approximate surface area is 123 Å². The average molecular weight is 287 g/mol. The van der Waals surface area contributed by atoms with Gasteiger partial charge in [-0.2, -0.15) is 0 Å². The van der Waals surface area contributed by atoms with Crippen LogP contribution in [-0.2, 0) is 0 Å². The molecule has 0 saturated carbocycles. The van der Waals surface area contributed by atoms with E-state index in [9.17, 15) is 4.79 Å². The quantitative estimate of drug-likeness (QED) is 0.784. The molecule has 0 radical (unpaired) electrons. The standard InChI is InChI=1S/C15H17N3O3/c1-2-20-14-9-8-13(17-18-14)15(19)16-10-11-21-12-6-4-3-5-7-12/h3-9H,2,10-11H2,1H3,(H,16,19). The second-order valence-corrected chi connectivity index (χ2v) is 4.11. The number of nitrogens with zero attached hydrogens (tertiary/aromatic N) is 2. The molecule has 1 aromatic heterocycles. The lowest BCUT2D eigenvalue weighted by Crippen LogP contribution is -2.29. The number of amides is 1. The van der Waals surface area contributed by atoms with Crippen molar-refractivity contribution in [3.63, 3.8) is 0 Å². The summed E-state index contributed by atoms with van der Waals surface area (Å²) in [7, 11) is 0. The summed E-state index contributed by atoms with van der Waals surface area (Å²) in [5, 5.41) is 10.3. The number of benzene rings is 1. The van der Waals surface area contributed by atoms with Crippen LogP contribution >= 0.6 is 0 Å². The van der Waals surface area contributed by atoms with Crippen LogP contribution in [0, 0.1) is 0 Å². The zero-order valence-corrected chi connectivity index (χ0v) is 11.8. The number of hydrogen-bond donors (Lipinski definition) is 1. The first-order chi connectivity index (χ1) is 10.3. The summed E-state index contributed by atoms with van der Waals surface area (Å²) in [5.74, 6) is 0.885. The van der Waals surface area contributed by atoms with Gasteiger partial charge in [0.2, 0.25) is 5.88 Å². The maximum absolute atomic E-state index is 11.8. The maximum Gasteiger partial charge on any atom is 0.271 e. The first kappa shape index (κ1) is 14.8. The predicted octanol–water partition coefficient (Wildman–Crippen LogP) is 1.68. The third kappa shape index (κ3) is 4.76. The van der Waals surface area contributed by atoms with E-state index in [1.54, 1.807) is 12.1 Å². The van der Waals surface area contributed by atoms with E-state index < -0.39 is 0 Å². The lowest BCUT2D eigenvalue weighted by molar-refractivity contribution is 0.0940. The van der Waals surface area contributed by atoms with Crippen molar-refractivity contribution in [1.29, 1.82) is 0 Å². The van der Waals surface area contributed by atoms with Crippen molar-refractivity contribution in [2.45, 2.75) is 6.92 Å². The number of nitrogens with one attached hydrogen (secondary N) is 1. The van der Waals surface area contributed by atoms with Crippen LogP contribution in [0.15, 0.2) is 42.5 Å². The third-order valence-corrected chi connectivity index (χ3v) is 2.56. The predicted molar refractivity (Wildman–Crippen MR) is 77.5 cm³/mol. The monoisotopic (exact) mass is 287 g/mol. The minimum absolute atomic E-state index is 0.248. The van der Waals surface area contributed by atoms with Crippen molar-refractivity contribution in [2.75, 3.05) is 19.8 Å². The largest absolute Gasteiger partial charge is 0.492 e. The smallest absolute Gasteiger partial charge is 0.271 e. The molecule has 0 aliphatic carbocycles. The Morgan fingerprint density at radius 3 is 2.57 bits per heavy atom. The highest BCUT2D eigenvalue weighted by Gasteiger charge is 2.07. The summed E-state index contributed by atoms with van der Waals surface area (Å²) in [5.41, 5.74) is 0.248. The summed E-state index contributed by atoms with van der Waals surface area (Å²) in [6.07, 6.45) is 0. The highest BCUT2D eigenvalue weighted by molar-refractivity contribution is 5.92. The zero-order valence-electron chi connectivity index (χ0n) is 11.8. The fraction of sp³-hybridized carbons (Fsp3) is 0.267. The van der Waals surface area contributed by atoms with Crippen LogP contribution in [0.5, 0.6) is 11.6 Å². The first-order valence-electron chi connectivity index (χ1n) is 6.72. The molecule has 6 heteroatoms. The van der Waals surface area contributed by atoms with Crippen LogP contribution in [0.4, 0.5) is 0 Å². The molecule has 1 amide bonds. The maximum atomic E-state index is 11.8. The Morgan fingerprint density at radius 1 is 1.10 bits per heavy atom. The average Bonchev–Trinajstić information content (AvgIpc) is 2.53. The fourth-order valence-corrected chi connectivity index (χ4v) is 1.61. The van der Waals surface area contributed by atoms with Gasteiger partial charge >= 0.3 is 0 Å².